The van der Waals surface area contributed by atoms with Gasteiger partial charge in [-0.05, 0) is 12.8 Å². The van der Waals surface area contributed by atoms with E-state index in [-0.39, 0.29) is 5.66 Å². The van der Waals surface area contributed by atoms with E-state index in [0.29, 0.717) is 6.42 Å². The molecule has 0 fully saturated rings. The van der Waals surface area contributed by atoms with E-state index in [0.717, 1.165) is 6.42 Å². The van der Waals surface area contributed by atoms with Gasteiger partial charge in [-0.2, -0.15) is 0 Å². The monoisotopic (exact) mass is 163 g/mol. The minimum Gasteiger partial charge on any atom is -0.382 e. The fourth-order valence-corrected chi connectivity index (χ4v) is 1.96. The van der Waals surface area contributed by atoms with Crippen LogP contribution in [0.5, 0.6) is 0 Å². The SMILES string of the molecule is CCC(C)[P](=O)C(O)CC. The summed E-state index contributed by atoms with van der Waals surface area (Å²) in [5.74, 6) is -0.593. The summed E-state index contributed by atoms with van der Waals surface area (Å²) in [6.07, 6.45) is 1.48. The van der Waals surface area contributed by atoms with Crippen molar-refractivity contribution in [1.82, 2.24) is 0 Å². The van der Waals surface area contributed by atoms with E-state index in [4.69, 9.17) is 5.11 Å². The van der Waals surface area contributed by atoms with E-state index in [2.05, 4.69) is 0 Å². The van der Waals surface area contributed by atoms with E-state index in [9.17, 15) is 4.57 Å². The molecule has 3 atom stereocenters. The summed E-state index contributed by atoms with van der Waals surface area (Å²) in [7, 11) is -1.40. The summed E-state index contributed by atoms with van der Waals surface area (Å²) in [6, 6.07) is 0. The number of aliphatic hydroxyl groups is 1. The maximum atomic E-state index is 11.2. The number of hydrogen-bond acceptors (Lipinski definition) is 2. The Kier molecular flexibility index (Phi) is 4.84. The van der Waals surface area contributed by atoms with Crippen LogP contribution in [0.15, 0.2) is 0 Å². The molecular formula is C7H16O2P. The van der Waals surface area contributed by atoms with Gasteiger partial charge in [0.2, 0.25) is 0 Å². The molecule has 0 saturated carbocycles. The molecule has 10 heavy (non-hydrogen) atoms. The molecule has 0 aromatic heterocycles. The second kappa shape index (κ2) is 4.81. The van der Waals surface area contributed by atoms with E-state index in [1.165, 1.54) is 0 Å². The Morgan fingerprint density at radius 3 is 2.20 bits per heavy atom. The molecule has 0 aromatic carbocycles. The highest BCUT2D eigenvalue weighted by atomic mass is 31.1. The van der Waals surface area contributed by atoms with Crippen LogP contribution in [0, 0.1) is 0 Å². The van der Waals surface area contributed by atoms with E-state index >= 15 is 0 Å². The molecular weight excluding hydrogens is 147 g/mol. The highest BCUT2D eigenvalue weighted by Gasteiger charge is 2.16. The molecule has 0 aromatic rings. The van der Waals surface area contributed by atoms with Crippen molar-refractivity contribution in [1.29, 1.82) is 0 Å². The average molecular weight is 163 g/mol. The zero-order valence-electron chi connectivity index (χ0n) is 6.87. The van der Waals surface area contributed by atoms with Gasteiger partial charge in [0.1, 0.15) is 13.6 Å². The molecule has 0 heterocycles. The molecule has 61 valence electrons. The number of hydrogen-bond donors (Lipinski definition) is 1. The van der Waals surface area contributed by atoms with Gasteiger partial charge >= 0.3 is 0 Å². The van der Waals surface area contributed by atoms with Crippen molar-refractivity contribution in [3.8, 4) is 0 Å². The van der Waals surface area contributed by atoms with Gasteiger partial charge in [-0.3, -0.25) is 4.57 Å². The van der Waals surface area contributed by atoms with Crippen molar-refractivity contribution < 1.29 is 9.67 Å². The van der Waals surface area contributed by atoms with Crippen molar-refractivity contribution in [3.63, 3.8) is 0 Å². The predicted molar refractivity (Wildman–Crippen MR) is 43.7 cm³/mol. The molecule has 0 saturated heterocycles. The molecule has 0 spiro atoms. The van der Waals surface area contributed by atoms with Gasteiger partial charge in [-0.15, -0.1) is 0 Å². The molecule has 0 amide bonds. The van der Waals surface area contributed by atoms with Crippen LogP contribution < -0.4 is 0 Å². The summed E-state index contributed by atoms with van der Waals surface area (Å²) in [5, 5.41) is 9.14. The van der Waals surface area contributed by atoms with Crippen LogP contribution in [0.4, 0.5) is 0 Å². The van der Waals surface area contributed by atoms with Crippen LogP contribution in [0.1, 0.15) is 33.6 Å². The zero-order valence-corrected chi connectivity index (χ0v) is 7.77. The Labute approximate surface area is 63.4 Å². The predicted octanol–water partition coefficient (Wildman–Crippen LogP) is 2.34. The van der Waals surface area contributed by atoms with Crippen molar-refractivity contribution in [2.75, 3.05) is 0 Å². The second-order valence-electron chi connectivity index (χ2n) is 2.51. The van der Waals surface area contributed by atoms with Crippen LogP contribution in [0.25, 0.3) is 0 Å². The van der Waals surface area contributed by atoms with Crippen molar-refractivity contribution in [2.45, 2.75) is 45.1 Å². The fraction of sp³-hybridized carbons (Fsp3) is 1.00. The molecule has 0 aliphatic carbocycles. The lowest BCUT2D eigenvalue weighted by Crippen LogP contribution is -2.05. The second-order valence-corrected chi connectivity index (χ2v) is 4.70. The molecule has 0 bridgehead atoms. The highest BCUT2D eigenvalue weighted by molar-refractivity contribution is 7.46. The van der Waals surface area contributed by atoms with Gasteiger partial charge in [-0.25, -0.2) is 0 Å². The Balaban J connectivity index is 3.82. The molecule has 2 nitrogen and oxygen atoms in total. The largest absolute Gasteiger partial charge is 0.382 e. The molecule has 0 aliphatic rings. The Hall–Kier alpha value is 0.0600. The van der Waals surface area contributed by atoms with Crippen molar-refractivity contribution in [3.05, 3.63) is 0 Å². The Morgan fingerprint density at radius 2 is 1.90 bits per heavy atom. The molecule has 3 unspecified atom stereocenters. The van der Waals surface area contributed by atoms with Crippen LogP contribution >= 0.6 is 7.80 Å². The van der Waals surface area contributed by atoms with Crippen LogP contribution in [0.2, 0.25) is 0 Å². The van der Waals surface area contributed by atoms with Gasteiger partial charge in [0, 0.05) is 5.66 Å². The molecule has 0 aliphatic heterocycles. The smallest absolute Gasteiger partial charge is 0.123 e. The maximum Gasteiger partial charge on any atom is 0.123 e. The lowest BCUT2D eigenvalue weighted by atomic mass is 10.4. The zero-order chi connectivity index (χ0) is 8.15. The van der Waals surface area contributed by atoms with Gasteiger partial charge in [0.15, 0.2) is 0 Å². The Morgan fingerprint density at radius 1 is 1.40 bits per heavy atom. The standard InChI is InChI=1S/C7H16O2P/c1-4-6(3)10(9)7(8)5-2/h6-8H,4-5H2,1-3H3. The third-order valence-corrected chi connectivity index (χ3v) is 3.87. The average Bonchev–Trinajstić information content (AvgIpc) is 2.00. The van der Waals surface area contributed by atoms with Gasteiger partial charge in [-0.1, -0.05) is 20.8 Å². The summed E-state index contributed by atoms with van der Waals surface area (Å²) in [5.41, 5.74) is 0.157. The third kappa shape index (κ3) is 2.76. The van der Waals surface area contributed by atoms with Crippen LogP contribution in [-0.4, -0.2) is 16.6 Å². The number of aliphatic hydroxyl groups excluding tert-OH is 1. The first-order valence-electron chi connectivity index (χ1n) is 3.77. The minimum absolute atomic E-state index is 0.157. The first-order valence-corrected chi connectivity index (χ1v) is 5.16. The van der Waals surface area contributed by atoms with E-state index < -0.39 is 13.6 Å². The van der Waals surface area contributed by atoms with Gasteiger partial charge in [0.25, 0.3) is 0 Å². The molecule has 1 N–H and O–H groups in total. The van der Waals surface area contributed by atoms with Crippen molar-refractivity contribution in [2.24, 2.45) is 0 Å². The van der Waals surface area contributed by atoms with Gasteiger partial charge < -0.3 is 5.11 Å². The first-order chi connectivity index (χ1) is 4.63. The molecule has 3 heteroatoms. The van der Waals surface area contributed by atoms with Gasteiger partial charge in [0.05, 0.1) is 0 Å². The van der Waals surface area contributed by atoms with E-state index in [1.54, 1.807) is 0 Å². The molecule has 1 radical (unpaired) electrons. The van der Waals surface area contributed by atoms with Crippen LogP contribution in [0.3, 0.4) is 0 Å². The summed E-state index contributed by atoms with van der Waals surface area (Å²) < 4.78 is 11.2. The first kappa shape index (κ1) is 10.1. The molecule has 0 rings (SSSR count). The highest BCUT2D eigenvalue weighted by Crippen LogP contribution is 2.35. The Bertz CT molecular complexity index is 102. The lowest BCUT2D eigenvalue weighted by Gasteiger charge is -2.11. The lowest BCUT2D eigenvalue weighted by molar-refractivity contribution is 0.246. The normalized spacial score (nSPS) is 18.2. The fourth-order valence-electron chi connectivity index (χ4n) is 0.654. The maximum absolute atomic E-state index is 11.2. The summed E-state index contributed by atoms with van der Waals surface area (Å²) in [4.78, 5) is 0. The summed E-state index contributed by atoms with van der Waals surface area (Å²) >= 11 is 0. The summed E-state index contributed by atoms with van der Waals surface area (Å²) in [6.45, 7) is 5.75. The minimum atomic E-state index is -1.40. The number of rotatable bonds is 4. The van der Waals surface area contributed by atoms with Crippen molar-refractivity contribution >= 4 is 7.80 Å². The van der Waals surface area contributed by atoms with E-state index in [1.807, 2.05) is 20.8 Å². The topological polar surface area (TPSA) is 37.3 Å². The van der Waals surface area contributed by atoms with Crippen LogP contribution in [-0.2, 0) is 4.57 Å². The quantitative estimate of drug-likeness (QED) is 0.646. The third-order valence-electron chi connectivity index (χ3n) is 1.68.